The van der Waals surface area contributed by atoms with Gasteiger partial charge in [0.1, 0.15) is 5.75 Å². The lowest BCUT2D eigenvalue weighted by atomic mass is 9.67. The number of rotatable bonds is 2. The van der Waals surface area contributed by atoms with E-state index in [1.165, 1.54) is 5.56 Å². The Morgan fingerprint density at radius 1 is 1.15 bits per heavy atom. The Labute approximate surface area is 122 Å². The molecule has 1 fully saturated rings. The molecule has 3 rings (SSSR count). The molecule has 1 aliphatic carbocycles. The standard InChI is InChI=1S/C18H26O2/c1-17(2)8-10-18(19,11-9-17)13-14-7-12-20-16-6-4-3-5-15(14)16/h3-6,14,19H,7-13H2,1-2H3. The Morgan fingerprint density at radius 3 is 2.60 bits per heavy atom. The Hall–Kier alpha value is -1.02. The topological polar surface area (TPSA) is 29.5 Å². The van der Waals surface area contributed by atoms with Crippen molar-refractivity contribution in [2.24, 2.45) is 5.41 Å². The minimum atomic E-state index is -0.468. The summed E-state index contributed by atoms with van der Waals surface area (Å²) < 4.78 is 5.73. The van der Waals surface area contributed by atoms with Crippen LogP contribution in [-0.4, -0.2) is 17.3 Å². The second kappa shape index (κ2) is 5.07. The highest BCUT2D eigenvalue weighted by atomic mass is 16.5. The van der Waals surface area contributed by atoms with Crippen LogP contribution in [0, 0.1) is 5.41 Å². The van der Waals surface area contributed by atoms with Crippen LogP contribution in [0.15, 0.2) is 24.3 Å². The third-order valence-corrected chi connectivity index (χ3v) is 5.24. The largest absolute Gasteiger partial charge is 0.493 e. The molecule has 0 spiro atoms. The number of benzene rings is 1. The molecule has 1 aliphatic heterocycles. The first-order chi connectivity index (χ1) is 9.48. The average molecular weight is 274 g/mol. The minimum absolute atomic E-state index is 0.403. The molecule has 0 saturated heterocycles. The maximum atomic E-state index is 10.9. The molecule has 0 bridgehead atoms. The van der Waals surface area contributed by atoms with E-state index in [0.717, 1.165) is 50.9 Å². The lowest BCUT2D eigenvalue weighted by molar-refractivity contribution is -0.0392. The van der Waals surface area contributed by atoms with Crippen LogP contribution in [-0.2, 0) is 0 Å². The van der Waals surface area contributed by atoms with Crippen LogP contribution in [0.2, 0.25) is 0 Å². The summed E-state index contributed by atoms with van der Waals surface area (Å²) in [6.45, 7) is 5.41. The first-order valence-corrected chi connectivity index (χ1v) is 7.92. The highest BCUT2D eigenvalue weighted by Gasteiger charge is 2.39. The number of aliphatic hydroxyl groups is 1. The van der Waals surface area contributed by atoms with Gasteiger partial charge >= 0.3 is 0 Å². The SMILES string of the molecule is CC1(C)CCC(O)(CC2CCOc3ccccc32)CC1. The van der Waals surface area contributed by atoms with E-state index < -0.39 is 5.60 Å². The summed E-state index contributed by atoms with van der Waals surface area (Å²) in [5.74, 6) is 1.47. The van der Waals surface area contributed by atoms with Gasteiger partial charge in [-0.2, -0.15) is 0 Å². The molecule has 1 N–H and O–H groups in total. The molecule has 1 unspecified atom stereocenters. The van der Waals surface area contributed by atoms with E-state index in [1.807, 2.05) is 6.07 Å². The van der Waals surface area contributed by atoms with E-state index >= 15 is 0 Å². The van der Waals surface area contributed by atoms with E-state index in [4.69, 9.17) is 4.74 Å². The van der Waals surface area contributed by atoms with Gasteiger partial charge in [0.15, 0.2) is 0 Å². The van der Waals surface area contributed by atoms with Gasteiger partial charge in [-0.25, -0.2) is 0 Å². The summed E-state index contributed by atoms with van der Waals surface area (Å²) in [4.78, 5) is 0. The van der Waals surface area contributed by atoms with Crippen molar-refractivity contribution in [3.05, 3.63) is 29.8 Å². The lowest BCUT2D eigenvalue weighted by Gasteiger charge is -2.42. The number of ether oxygens (including phenoxy) is 1. The van der Waals surface area contributed by atoms with E-state index in [1.54, 1.807) is 0 Å². The highest BCUT2D eigenvalue weighted by Crippen LogP contribution is 2.46. The lowest BCUT2D eigenvalue weighted by Crippen LogP contribution is -2.38. The Bertz CT molecular complexity index is 468. The molecular weight excluding hydrogens is 248 g/mol. The Balaban J connectivity index is 1.73. The van der Waals surface area contributed by atoms with Crippen molar-refractivity contribution in [3.63, 3.8) is 0 Å². The molecule has 1 aromatic rings. The van der Waals surface area contributed by atoms with Crippen molar-refractivity contribution < 1.29 is 9.84 Å². The number of hydrogen-bond acceptors (Lipinski definition) is 2. The van der Waals surface area contributed by atoms with Crippen LogP contribution in [0.25, 0.3) is 0 Å². The van der Waals surface area contributed by atoms with Crippen LogP contribution in [0.3, 0.4) is 0 Å². The zero-order chi connectivity index (χ0) is 14.2. The molecule has 2 nitrogen and oxygen atoms in total. The van der Waals surface area contributed by atoms with E-state index in [9.17, 15) is 5.11 Å². The Kier molecular flexibility index (Phi) is 3.53. The molecule has 0 amide bonds. The number of fused-ring (bicyclic) bond motifs is 1. The Morgan fingerprint density at radius 2 is 1.85 bits per heavy atom. The number of para-hydroxylation sites is 1. The maximum absolute atomic E-state index is 10.9. The van der Waals surface area contributed by atoms with E-state index in [0.29, 0.717) is 11.3 Å². The van der Waals surface area contributed by atoms with Crippen molar-refractivity contribution in [2.75, 3.05) is 6.61 Å². The van der Waals surface area contributed by atoms with Crippen LogP contribution in [0.4, 0.5) is 0 Å². The van der Waals surface area contributed by atoms with Gasteiger partial charge in [-0.3, -0.25) is 0 Å². The van der Waals surface area contributed by atoms with Crippen LogP contribution >= 0.6 is 0 Å². The minimum Gasteiger partial charge on any atom is -0.493 e. The zero-order valence-electron chi connectivity index (χ0n) is 12.7. The fourth-order valence-electron chi connectivity index (χ4n) is 3.68. The fourth-order valence-corrected chi connectivity index (χ4v) is 3.68. The van der Waals surface area contributed by atoms with E-state index in [-0.39, 0.29) is 0 Å². The first kappa shape index (κ1) is 13.9. The van der Waals surface area contributed by atoms with Gasteiger partial charge in [0.2, 0.25) is 0 Å². The summed E-state index contributed by atoms with van der Waals surface area (Å²) >= 11 is 0. The van der Waals surface area contributed by atoms with Gasteiger partial charge in [0, 0.05) is 0 Å². The van der Waals surface area contributed by atoms with Gasteiger partial charge in [-0.05, 0) is 61.5 Å². The summed E-state index contributed by atoms with van der Waals surface area (Å²) in [7, 11) is 0. The summed E-state index contributed by atoms with van der Waals surface area (Å²) in [5.41, 5.74) is 1.22. The van der Waals surface area contributed by atoms with Gasteiger partial charge in [0.25, 0.3) is 0 Å². The molecular formula is C18H26O2. The van der Waals surface area contributed by atoms with E-state index in [2.05, 4.69) is 32.0 Å². The van der Waals surface area contributed by atoms with Crippen molar-refractivity contribution in [1.29, 1.82) is 0 Å². The molecule has 1 atom stereocenters. The van der Waals surface area contributed by atoms with Crippen LogP contribution in [0.5, 0.6) is 5.75 Å². The normalized spacial score (nSPS) is 27.4. The second-order valence-corrected chi connectivity index (χ2v) is 7.46. The average Bonchev–Trinajstić information content (AvgIpc) is 2.43. The highest BCUT2D eigenvalue weighted by molar-refractivity contribution is 5.38. The van der Waals surface area contributed by atoms with Crippen LogP contribution in [0.1, 0.15) is 63.9 Å². The predicted molar refractivity (Wildman–Crippen MR) is 81.1 cm³/mol. The third-order valence-electron chi connectivity index (χ3n) is 5.24. The van der Waals surface area contributed by atoms with Crippen LogP contribution < -0.4 is 4.74 Å². The van der Waals surface area contributed by atoms with Crippen molar-refractivity contribution in [1.82, 2.24) is 0 Å². The van der Waals surface area contributed by atoms with Crippen molar-refractivity contribution >= 4 is 0 Å². The van der Waals surface area contributed by atoms with Gasteiger partial charge < -0.3 is 9.84 Å². The fraction of sp³-hybridized carbons (Fsp3) is 0.667. The molecule has 1 heterocycles. The molecule has 2 heteroatoms. The third kappa shape index (κ3) is 2.85. The number of hydrogen-bond donors (Lipinski definition) is 1. The monoisotopic (exact) mass is 274 g/mol. The maximum Gasteiger partial charge on any atom is 0.122 e. The van der Waals surface area contributed by atoms with Crippen molar-refractivity contribution in [3.8, 4) is 5.75 Å². The molecule has 1 aromatic carbocycles. The summed E-state index contributed by atoms with van der Waals surface area (Å²) in [6, 6.07) is 8.32. The summed E-state index contributed by atoms with van der Waals surface area (Å²) in [5, 5.41) is 10.9. The van der Waals surface area contributed by atoms with Gasteiger partial charge in [-0.1, -0.05) is 32.0 Å². The van der Waals surface area contributed by atoms with Gasteiger partial charge in [-0.15, -0.1) is 0 Å². The molecule has 1 saturated carbocycles. The molecule has 20 heavy (non-hydrogen) atoms. The molecule has 110 valence electrons. The zero-order valence-corrected chi connectivity index (χ0v) is 12.7. The quantitative estimate of drug-likeness (QED) is 0.872. The smallest absolute Gasteiger partial charge is 0.122 e. The second-order valence-electron chi connectivity index (χ2n) is 7.46. The van der Waals surface area contributed by atoms with Crippen molar-refractivity contribution in [2.45, 2.75) is 63.9 Å². The molecule has 0 radical (unpaired) electrons. The first-order valence-electron chi connectivity index (χ1n) is 7.92. The predicted octanol–water partition coefficient (Wildman–Crippen LogP) is 4.27. The molecule has 0 aromatic heterocycles. The molecule has 2 aliphatic rings. The van der Waals surface area contributed by atoms with Gasteiger partial charge in [0.05, 0.1) is 12.2 Å². The summed E-state index contributed by atoms with van der Waals surface area (Å²) in [6.07, 6.45) is 6.08.